The van der Waals surface area contributed by atoms with Crippen molar-refractivity contribution in [1.82, 2.24) is 4.98 Å². The van der Waals surface area contributed by atoms with Gasteiger partial charge >= 0.3 is 7.60 Å². The first kappa shape index (κ1) is 15.6. The maximum absolute atomic E-state index is 11.3. The topological polar surface area (TPSA) is 74.3 Å². The average molecular weight is 327 g/mol. The van der Waals surface area contributed by atoms with Crippen LogP contribution in [0.2, 0.25) is 0 Å². The normalized spacial score (nSPS) is 11.4. The van der Waals surface area contributed by atoms with E-state index in [1.165, 1.54) is 0 Å². The first-order valence-electron chi connectivity index (χ1n) is 7.07. The van der Waals surface area contributed by atoms with Crippen molar-refractivity contribution in [3.05, 3.63) is 78.9 Å². The zero-order valence-corrected chi connectivity index (χ0v) is 13.2. The number of hydrogen-bond donors (Lipinski definition) is 2. The van der Waals surface area contributed by atoms with Crippen LogP contribution in [0.15, 0.2) is 73.3 Å². The minimum atomic E-state index is -4.11. The van der Waals surface area contributed by atoms with Crippen LogP contribution in [0.5, 0.6) is 0 Å². The van der Waals surface area contributed by atoms with Gasteiger partial charge < -0.3 is 9.79 Å². The van der Waals surface area contributed by atoms with Gasteiger partial charge in [-0.15, -0.1) is 0 Å². The molecule has 0 bridgehead atoms. The minimum Gasteiger partial charge on any atom is -0.324 e. The van der Waals surface area contributed by atoms with E-state index in [0.717, 1.165) is 16.8 Å². The van der Waals surface area contributed by atoms with E-state index >= 15 is 0 Å². The first-order valence-corrected chi connectivity index (χ1v) is 8.87. The number of para-hydroxylation sites is 1. The maximum Gasteiger partial charge on any atom is 0.330 e. The highest BCUT2D eigenvalue weighted by molar-refractivity contribution is 7.50. The predicted molar refractivity (Wildman–Crippen MR) is 87.0 cm³/mol. The summed E-state index contributed by atoms with van der Waals surface area (Å²) in [5.74, 6) is 0. The lowest BCUT2D eigenvalue weighted by atomic mass is 10.1. The van der Waals surface area contributed by atoms with Crippen molar-refractivity contribution in [2.24, 2.45) is 0 Å². The van der Waals surface area contributed by atoms with E-state index < -0.39 is 7.60 Å². The number of rotatable bonds is 4. The van der Waals surface area contributed by atoms with E-state index in [2.05, 4.69) is 4.98 Å². The summed E-state index contributed by atoms with van der Waals surface area (Å²) >= 11 is 0. The number of benzene rings is 1. The molecule has 0 spiro atoms. The average Bonchev–Trinajstić information content (AvgIpc) is 2.55. The van der Waals surface area contributed by atoms with Crippen LogP contribution in [0.4, 0.5) is 0 Å². The number of nitrogens with zero attached hydrogens (tertiary/aromatic N) is 2. The molecule has 6 heteroatoms. The Morgan fingerprint density at radius 1 is 0.913 bits per heavy atom. The van der Waals surface area contributed by atoms with Crippen molar-refractivity contribution in [3.8, 4) is 16.8 Å². The summed E-state index contributed by atoms with van der Waals surface area (Å²) < 4.78 is 13.2. The molecule has 0 aliphatic heterocycles. The standard InChI is InChI=1S/C17H15N2O3P/c20-23(21,22)13-16-3-1-2-4-17(16)19-11-7-15(8-12-19)14-5-9-18-10-6-14/h1-12H,13H2,(H-,20,21,22)/p+1. The van der Waals surface area contributed by atoms with E-state index in [9.17, 15) is 14.4 Å². The van der Waals surface area contributed by atoms with Crippen molar-refractivity contribution in [3.63, 3.8) is 0 Å². The molecule has 3 aromatic rings. The van der Waals surface area contributed by atoms with Crippen LogP contribution in [0.25, 0.3) is 16.8 Å². The smallest absolute Gasteiger partial charge is 0.324 e. The van der Waals surface area contributed by atoms with Crippen LogP contribution in [0.3, 0.4) is 0 Å². The Kier molecular flexibility index (Phi) is 4.35. The third-order valence-corrected chi connectivity index (χ3v) is 4.24. The van der Waals surface area contributed by atoms with Gasteiger partial charge in [-0.1, -0.05) is 18.2 Å². The van der Waals surface area contributed by atoms with Gasteiger partial charge in [0.15, 0.2) is 12.4 Å². The third-order valence-electron chi connectivity index (χ3n) is 3.49. The van der Waals surface area contributed by atoms with Gasteiger partial charge in [-0.2, -0.15) is 4.57 Å². The lowest BCUT2D eigenvalue weighted by Gasteiger charge is -2.07. The van der Waals surface area contributed by atoms with Crippen LogP contribution < -0.4 is 4.57 Å². The molecule has 0 amide bonds. The highest BCUT2D eigenvalue weighted by atomic mass is 31.2. The zero-order valence-electron chi connectivity index (χ0n) is 12.3. The Hall–Kier alpha value is -2.33. The SMILES string of the molecule is O=P(O)(O)Cc1ccccc1-[n+]1ccc(-c2ccncc2)cc1. The molecule has 0 aliphatic carbocycles. The van der Waals surface area contributed by atoms with Gasteiger partial charge in [0.2, 0.25) is 5.69 Å². The molecule has 2 aromatic heterocycles. The quantitative estimate of drug-likeness (QED) is 0.571. The van der Waals surface area contributed by atoms with Crippen molar-refractivity contribution in [2.45, 2.75) is 6.16 Å². The van der Waals surface area contributed by atoms with Crippen LogP contribution in [-0.2, 0) is 10.7 Å². The predicted octanol–water partition coefficient (Wildman–Crippen LogP) is 2.70. The molecule has 0 saturated heterocycles. The Balaban J connectivity index is 1.96. The fourth-order valence-electron chi connectivity index (χ4n) is 2.44. The molecular formula is C17H16N2O3P+. The minimum absolute atomic E-state index is 0.276. The second kappa shape index (κ2) is 6.42. The molecule has 0 unspecified atom stereocenters. The molecule has 0 atom stereocenters. The highest BCUT2D eigenvalue weighted by Crippen LogP contribution is 2.39. The monoisotopic (exact) mass is 327 g/mol. The van der Waals surface area contributed by atoms with Crippen LogP contribution >= 0.6 is 7.60 Å². The molecule has 0 aliphatic rings. The molecular weight excluding hydrogens is 311 g/mol. The Morgan fingerprint density at radius 3 is 2.17 bits per heavy atom. The molecule has 0 saturated carbocycles. The zero-order chi connectivity index (χ0) is 16.3. The van der Waals surface area contributed by atoms with E-state index in [0.29, 0.717) is 5.56 Å². The van der Waals surface area contributed by atoms with Gasteiger partial charge in [0.25, 0.3) is 0 Å². The Labute approximate surface area is 134 Å². The summed E-state index contributed by atoms with van der Waals surface area (Å²) in [6, 6.07) is 15.0. The van der Waals surface area contributed by atoms with Gasteiger partial charge in [-0.3, -0.25) is 9.55 Å². The van der Waals surface area contributed by atoms with Crippen molar-refractivity contribution < 1.29 is 18.9 Å². The van der Waals surface area contributed by atoms with Crippen LogP contribution in [-0.4, -0.2) is 14.8 Å². The van der Waals surface area contributed by atoms with Gasteiger partial charge in [-0.05, 0) is 23.3 Å². The molecule has 2 N–H and O–H groups in total. The van der Waals surface area contributed by atoms with Gasteiger partial charge in [0.05, 0.1) is 6.16 Å². The second-order valence-corrected chi connectivity index (χ2v) is 6.83. The van der Waals surface area contributed by atoms with Gasteiger partial charge in [-0.25, -0.2) is 0 Å². The third kappa shape index (κ3) is 3.90. The summed E-state index contributed by atoms with van der Waals surface area (Å²) in [5.41, 5.74) is 3.49. The van der Waals surface area contributed by atoms with Crippen molar-refractivity contribution >= 4 is 7.60 Å². The summed E-state index contributed by atoms with van der Waals surface area (Å²) in [4.78, 5) is 22.5. The summed E-state index contributed by atoms with van der Waals surface area (Å²) in [5, 5.41) is 0. The fraction of sp³-hybridized carbons (Fsp3) is 0.0588. The Morgan fingerprint density at radius 2 is 1.52 bits per heavy atom. The van der Waals surface area contributed by atoms with E-state index in [1.54, 1.807) is 24.5 Å². The Bertz CT molecular complexity index is 845. The van der Waals surface area contributed by atoms with E-state index in [4.69, 9.17) is 0 Å². The fourth-order valence-corrected chi connectivity index (χ4v) is 3.15. The molecule has 0 fully saturated rings. The number of hydrogen-bond acceptors (Lipinski definition) is 2. The maximum atomic E-state index is 11.3. The van der Waals surface area contributed by atoms with E-state index in [-0.39, 0.29) is 6.16 Å². The summed E-state index contributed by atoms with van der Waals surface area (Å²) in [6.07, 6.45) is 6.97. The molecule has 3 rings (SSSR count). The van der Waals surface area contributed by atoms with Crippen molar-refractivity contribution in [2.75, 3.05) is 0 Å². The molecule has 0 radical (unpaired) electrons. The number of pyridine rings is 2. The molecule has 1 aromatic carbocycles. The largest absolute Gasteiger partial charge is 0.330 e. The van der Waals surface area contributed by atoms with Crippen molar-refractivity contribution in [1.29, 1.82) is 0 Å². The summed E-state index contributed by atoms with van der Waals surface area (Å²) in [6.45, 7) is 0. The lowest BCUT2D eigenvalue weighted by molar-refractivity contribution is -0.596. The molecule has 5 nitrogen and oxygen atoms in total. The van der Waals surface area contributed by atoms with Gasteiger partial charge in [0.1, 0.15) is 0 Å². The molecule has 23 heavy (non-hydrogen) atoms. The summed E-state index contributed by atoms with van der Waals surface area (Å²) in [7, 11) is -4.11. The van der Waals surface area contributed by atoms with E-state index in [1.807, 2.05) is 53.4 Å². The van der Waals surface area contributed by atoms with Crippen LogP contribution in [0, 0.1) is 0 Å². The first-order chi connectivity index (χ1) is 11.0. The molecule has 2 heterocycles. The second-order valence-electron chi connectivity index (χ2n) is 5.18. The number of aromatic nitrogens is 2. The molecule has 116 valence electrons. The highest BCUT2D eigenvalue weighted by Gasteiger charge is 2.20. The van der Waals surface area contributed by atoms with Crippen LogP contribution in [0.1, 0.15) is 5.56 Å². The lowest BCUT2D eigenvalue weighted by Crippen LogP contribution is -2.30. The van der Waals surface area contributed by atoms with Gasteiger partial charge in [0, 0.05) is 36.2 Å².